The van der Waals surface area contributed by atoms with Gasteiger partial charge in [-0.1, -0.05) is 35.3 Å². The number of hydrogen-bond acceptors (Lipinski definition) is 3. The first-order valence-electron chi connectivity index (χ1n) is 7.44. The SMILES string of the molecule is Nc1ccccc1NC(=O)/C=C/c1c(C(=O)O)[nH]c2cc(Cl)cc(Cl)c12. The highest BCUT2D eigenvalue weighted by Crippen LogP contribution is 2.33. The molecule has 0 aliphatic rings. The Morgan fingerprint density at radius 1 is 1.19 bits per heavy atom. The number of carbonyl (C=O) groups is 2. The summed E-state index contributed by atoms with van der Waals surface area (Å²) in [6, 6.07) is 9.88. The third kappa shape index (κ3) is 3.51. The van der Waals surface area contributed by atoms with Crippen LogP contribution in [0.15, 0.2) is 42.5 Å². The van der Waals surface area contributed by atoms with Crippen LogP contribution in [-0.2, 0) is 4.79 Å². The minimum atomic E-state index is -1.18. The molecule has 1 aromatic heterocycles. The summed E-state index contributed by atoms with van der Waals surface area (Å²) in [5.41, 5.74) is 7.32. The summed E-state index contributed by atoms with van der Waals surface area (Å²) in [6.07, 6.45) is 2.60. The topological polar surface area (TPSA) is 108 Å². The molecule has 0 saturated carbocycles. The van der Waals surface area contributed by atoms with Crippen LogP contribution in [-0.4, -0.2) is 22.0 Å². The number of aromatic amines is 1. The Balaban J connectivity index is 1.98. The van der Waals surface area contributed by atoms with E-state index >= 15 is 0 Å². The first-order chi connectivity index (χ1) is 12.4. The number of halogens is 2. The number of H-pyrrole nitrogens is 1. The molecular weight excluding hydrogens is 377 g/mol. The van der Waals surface area contributed by atoms with E-state index in [4.69, 9.17) is 28.9 Å². The molecule has 1 heterocycles. The number of anilines is 2. The molecular formula is C18H13Cl2N3O3. The number of benzene rings is 2. The molecule has 2 aromatic carbocycles. The summed E-state index contributed by atoms with van der Waals surface area (Å²) in [4.78, 5) is 26.4. The van der Waals surface area contributed by atoms with Crippen molar-refractivity contribution >= 4 is 63.4 Å². The molecule has 0 fully saturated rings. The number of para-hydroxylation sites is 2. The lowest BCUT2D eigenvalue weighted by Crippen LogP contribution is -2.09. The standard InChI is InChI=1S/C18H13Cl2N3O3/c19-9-7-11(20)16-10(17(18(25)26)23-14(16)8-9)5-6-15(24)22-13-4-2-1-3-12(13)21/h1-8,23H,21H2,(H,22,24)(H,25,26)/b6-5+. The number of rotatable bonds is 4. The number of fused-ring (bicyclic) bond motifs is 1. The van der Waals surface area contributed by atoms with E-state index in [1.165, 1.54) is 18.2 Å². The Labute approximate surface area is 158 Å². The van der Waals surface area contributed by atoms with Crippen molar-refractivity contribution in [2.75, 3.05) is 11.1 Å². The second kappa shape index (κ2) is 7.11. The van der Waals surface area contributed by atoms with E-state index < -0.39 is 11.9 Å². The van der Waals surface area contributed by atoms with Crippen LogP contribution in [0.3, 0.4) is 0 Å². The van der Waals surface area contributed by atoms with Crippen molar-refractivity contribution in [3.05, 3.63) is 63.8 Å². The highest BCUT2D eigenvalue weighted by atomic mass is 35.5. The Morgan fingerprint density at radius 3 is 2.62 bits per heavy atom. The van der Waals surface area contributed by atoms with Crippen LogP contribution in [0.4, 0.5) is 11.4 Å². The summed E-state index contributed by atoms with van der Waals surface area (Å²) in [5.74, 6) is -1.64. The van der Waals surface area contributed by atoms with Gasteiger partial charge in [0, 0.05) is 27.6 Å². The molecule has 3 aromatic rings. The van der Waals surface area contributed by atoms with E-state index in [1.807, 2.05) is 0 Å². The second-order valence-corrected chi connectivity index (χ2v) is 6.28. The number of carboxylic acids is 1. The molecule has 0 aliphatic heterocycles. The first kappa shape index (κ1) is 17.8. The smallest absolute Gasteiger partial charge is 0.352 e. The number of amides is 1. The summed E-state index contributed by atoms with van der Waals surface area (Å²) < 4.78 is 0. The Bertz CT molecular complexity index is 1060. The maximum absolute atomic E-state index is 12.2. The lowest BCUT2D eigenvalue weighted by Gasteiger charge is -2.05. The van der Waals surface area contributed by atoms with Crippen molar-refractivity contribution in [3.8, 4) is 0 Å². The zero-order valence-corrected chi connectivity index (χ0v) is 14.7. The number of carbonyl (C=O) groups excluding carboxylic acids is 1. The van der Waals surface area contributed by atoms with Crippen molar-refractivity contribution in [1.82, 2.24) is 4.98 Å². The molecule has 1 amide bonds. The lowest BCUT2D eigenvalue weighted by atomic mass is 10.1. The second-order valence-electron chi connectivity index (χ2n) is 5.44. The van der Waals surface area contributed by atoms with Crippen molar-refractivity contribution < 1.29 is 14.7 Å². The number of hydrogen-bond donors (Lipinski definition) is 4. The predicted molar refractivity (Wildman–Crippen MR) is 104 cm³/mol. The van der Waals surface area contributed by atoms with E-state index in [1.54, 1.807) is 30.3 Å². The van der Waals surface area contributed by atoms with Gasteiger partial charge in [0.1, 0.15) is 5.69 Å². The molecule has 0 saturated heterocycles. The molecule has 0 spiro atoms. The fourth-order valence-corrected chi connectivity index (χ4v) is 3.15. The predicted octanol–water partition coefficient (Wildman–Crippen LogP) is 4.41. The van der Waals surface area contributed by atoms with Gasteiger partial charge in [-0.25, -0.2) is 4.79 Å². The zero-order chi connectivity index (χ0) is 18.8. The fourth-order valence-electron chi connectivity index (χ4n) is 2.55. The Morgan fingerprint density at radius 2 is 1.92 bits per heavy atom. The average Bonchev–Trinajstić information content (AvgIpc) is 2.94. The van der Waals surface area contributed by atoms with E-state index in [9.17, 15) is 14.7 Å². The highest BCUT2D eigenvalue weighted by molar-refractivity contribution is 6.39. The normalized spacial score (nSPS) is 11.2. The van der Waals surface area contributed by atoms with Gasteiger partial charge in [0.25, 0.3) is 0 Å². The van der Waals surface area contributed by atoms with Crippen molar-refractivity contribution in [1.29, 1.82) is 0 Å². The summed E-state index contributed by atoms with van der Waals surface area (Å²) >= 11 is 12.2. The molecule has 0 bridgehead atoms. The molecule has 0 aliphatic carbocycles. The van der Waals surface area contributed by atoms with Crippen LogP contribution in [0.1, 0.15) is 16.1 Å². The molecule has 0 radical (unpaired) electrons. The number of nitrogen functional groups attached to an aromatic ring is 1. The summed E-state index contributed by atoms with van der Waals surface area (Å²) in [7, 11) is 0. The summed E-state index contributed by atoms with van der Waals surface area (Å²) in [5, 5.41) is 13.2. The van der Waals surface area contributed by atoms with Crippen LogP contribution in [0.25, 0.3) is 17.0 Å². The van der Waals surface area contributed by atoms with Gasteiger partial charge in [0.2, 0.25) is 5.91 Å². The quantitative estimate of drug-likeness (QED) is 0.391. The molecule has 0 atom stereocenters. The molecule has 0 unspecified atom stereocenters. The summed E-state index contributed by atoms with van der Waals surface area (Å²) in [6.45, 7) is 0. The van der Waals surface area contributed by atoms with E-state index in [2.05, 4.69) is 10.3 Å². The molecule has 3 rings (SSSR count). The van der Waals surface area contributed by atoms with Gasteiger partial charge in [0.05, 0.1) is 16.4 Å². The van der Waals surface area contributed by atoms with Crippen LogP contribution >= 0.6 is 23.2 Å². The molecule has 8 heteroatoms. The van der Waals surface area contributed by atoms with Gasteiger partial charge in [-0.05, 0) is 30.3 Å². The maximum Gasteiger partial charge on any atom is 0.352 e. The number of aromatic carboxylic acids is 1. The zero-order valence-electron chi connectivity index (χ0n) is 13.2. The van der Waals surface area contributed by atoms with Crippen LogP contribution in [0.2, 0.25) is 10.0 Å². The van der Waals surface area contributed by atoms with E-state index in [-0.39, 0.29) is 16.3 Å². The minimum Gasteiger partial charge on any atom is -0.477 e. The van der Waals surface area contributed by atoms with Crippen molar-refractivity contribution in [3.63, 3.8) is 0 Å². The maximum atomic E-state index is 12.2. The van der Waals surface area contributed by atoms with Crippen molar-refractivity contribution in [2.45, 2.75) is 0 Å². The number of aromatic nitrogens is 1. The fraction of sp³-hybridized carbons (Fsp3) is 0. The van der Waals surface area contributed by atoms with Crippen LogP contribution < -0.4 is 11.1 Å². The van der Waals surface area contributed by atoms with Crippen molar-refractivity contribution in [2.24, 2.45) is 0 Å². The minimum absolute atomic E-state index is 0.0903. The van der Waals surface area contributed by atoms with E-state index in [0.717, 1.165) is 0 Å². The van der Waals surface area contributed by atoms with Crippen LogP contribution in [0, 0.1) is 0 Å². The van der Waals surface area contributed by atoms with Gasteiger partial charge >= 0.3 is 5.97 Å². The lowest BCUT2D eigenvalue weighted by molar-refractivity contribution is -0.111. The molecule has 132 valence electrons. The van der Waals surface area contributed by atoms with Gasteiger partial charge in [-0.3, -0.25) is 4.79 Å². The Kier molecular flexibility index (Phi) is 4.88. The number of carboxylic acid groups (broad SMARTS) is 1. The third-order valence-electron chi connectivity index (χ3n) is 3.69. The third-order valence-corrected chi connectivity index (χ3v) is 4.20. The van der Waals surface area contributed by atoms with Gasteiger partial charge in [-0.15, -0.1) is 0 Å². The largest absolute Gasteiger partial charge is 0.477 e. The van der Waals surface area contributed by atoms with Gasteiger partial charge in [0.15, 0.2) is 0 Å². The molecule has 26 heavy (non-hydrogen) atoms. The van der Waals surface area contributed by atoms with Gasteiger partial charge < -0.3 is 21.1 Å². The van der Waals surface area contributed by atoms with E-state index in [0.29, 0.717) is 27.3 Å². The first-order valence-corrected chi connectivity index (χ1v) is 8.20. The molecule has 5 N–H and O–H groups in total. The monoisotopic (exact) mass is 389 g/mol. The number of nitrogens with two attached hydrogens (primary N) is 1. The van der Waals surface area contributed by atoms with Gasteiger partial charge in [-0.2, -0.15) is 0 Å². The Hall–Kier alpha value is -2.96. The highest BCUT2D eigenvalue weighted by Gasteiger charge is 2.18. The molecule has 6 nitrogen and oxygen atoms in total. The van der Waals surface area contributed by atoms with Crippen LogP contribution in [0.5, 0.6) is 0 Å². The average molecular weight is 390 g/mol. The number of nitrogens with one attached hydrogen (secondary N) is 2.